The fraction of sp³-hybridized carbons (Fsp3) is 0.538. The highest BCUT2D eigenvalue weighted by molar-refractivity contribution is 5.69. The van der Waals surface area contributed by atoms with Gasteiger partial charge in [0, 0.05) is 19.3 Å². The van der Waals surface area contributed by atoms with Gasteiger partial charge in [0.1, 0.15) is 5.52 Å². The minimum atomic E-state index is 0.745. The molecule has 0 spiro atoms. The summed E-state index contributed by atoms with van der Waals surface area (Å²) in [5.74, 6) is 0.745. The Bertz CT molecular complexity index is 505. The van der Waals surface area contributed by atoms with Crippen molar-refractivity contribution in [3.8, 4) is 0 Å². The molecule has 2 aromatic heterocycles. The van der Waals surface area contributed by atoms with E-state index in [1.165, 1.54) is 26.1 Å². The van der Waals surface area contributed by atoms with Crippen molar-refractivity contribution in [3.63, 3.8) is 0 Å². The lowest BCUT2D eigenvalue weighted by Gasteiger charge is -2.13. The molecular formula is C13H18N4. The Labute approximate surface area is 101 Å². The molecule has 4 heteroatoms. The Morgan fingerprint density at radius 3 is 3.18 bits per heavy atom. The summed E-state index contributed by atoms with van der Waals surface area (Å²) in [4.78, 5) is 11.3. The second-order valence-electron chi connectivity index (χ2n) is 4.79. The van der Waals surface area contributed by atoms with Crippen molar-refractivity contribution < 1.29 is 0 Å². The molecule has 1 fully saturated rings. The van der Waals surface area contributed by atoms with Gasteiger partial charge in [0.2, 0.25) is 0 Å². The van der Waals surface area contributed by atoms with Crippen LogP contribution in [0.15, 0.2) is 24.7 Å². The van der Waals surface area contributed by atoms with Crippen molar-refractivity contribution in [1.82, 2.24) is 19.4 Å². The number of imidazole rings is 1. The van der Waals surface area contributed by atoms with Crippen LogP contribution in [0.2, 0.25) is 0 Å². The van der Waals surface area contributed by atoms with E-state index in [-0.39, 0.29) is 0 Å². The van der Waals surface area contributed by atoms with Crippen LogP contribution in [-0.4, -0.2) is 39.1 Å². The van der Waals surface area contributed by atoms with Crippen molar-refractivity contribution >= 4 is 11.2 Å². The standard InChI is InChI=1S/C13H18N4/c1-2-16-7-5-11(8-16)9-17-10-15-12-4-3-6-14-13(12)17/h3-4,6,10-11H,2,5,7-9H2,1H3. The van der Waals surface area contributed by atoms with E-state index in [2.05, 4.69) is 26.4 Å². The minimum absolute atomic E-state index is 0.745. The number of aromatic nitrogens is 3. The van der Waals surface area contributed by atoms with Gasteiger partial charge in [-0.1, -0.05) is 6.92 Å². The van der Waals surface area contributed by atoms with E-state index in [1.807, 2.05) is 24.7 Å². The van der Waals surface area contributed by atoms with Gasteiger partial charge in [0.25, 0.3) is 0 Å². The molecule has 1 aliphatic rings. The first kappa shape index (κ1) is 10.7. The van der Waals surface area contributed by atoms with Crippen LogP contribution in [0.1, 0.15) is 13.3 Å². The molecule has 0 aliphatic carbocycles. The summed E-state index contributed by atoms with van der Waals surface area (Å²) in [5, 5.41) is 0. The van der Waals surface area contributed by atoms with Crippen molar-refractivity contribution in [2.45, 2.75) is 19.9 Å². The van der Waals surface area contributed by atoms with Gasteiger partial charge in [-0.05, 0) is 37.6 Å². The van der Waals surface area contributed by atoms with E-state index in [1.54, 1.807) is 0 Å². The molecule has 1 saturated heterocycles. The molecule has 0 aromatic carbocycles. The Hall–Kier alpha value is -1.42. The quantitative estimate of drug-likeness (QED) is 0.806. The Kier molecular flexibility index (Phi) is 2.81. The first-order valence-electron chi connectivity index (χ1n) is 6.35. The number of hydrogen-bond acceptors (Lipinski definition) is 3. The SMILES string of the molecule is CCN1CCC(Cn2cnc3cccnc32)C1. The molecule has 4 nitrogen and oxygen atoms in total. The third-order valence-corrected chi connectivity index (χ3v) is 3.65. The van der Waals surface area contributed by atoms with Crippen LogP contribution in [-0.2, 0) is 6.54 Å². The summed E-state index contributed by atoms with van der Waals surface area (Å²) in [6.07, 6.45) is 5.06. The summed E-state index contributed by atoms with van der Waals surface area (Å²) in [7, 11) is 0. The molecule has 2 aromatic rings. The largest absolute Gasteiger partial charge is 0.315 e. The van der Waals surface area contributed by atoms with E-state index < -0.39 is 0 Å². The maximum absolute atomic E-state index is 4.41. The van der Waals surface area contributed by atoms with Crippen LogP contribution < -0.4 is 0 Å². The lowest BCUT2D eigenvalue weighted by molar-refractivity contribution is 0.333. The fourth-order valence-electron chi connectivity index (χ4n) is 2.66. The van der Waals surface area contributed by atoms with Crippen molar-refractivity contribution in [2.75, 3.05) is 19.6 Å². The minimum Gasteiger partial charge on any atom is -0.315 e. The molecule has 0 bridgehead atoms. The van der Waals surface area contributed by atoms with Crippen LogP contribution in [0.3, 0.4) is 0 Å². The number of likely N-dealkylation sites (tertiary alicyclic amines) is 1. The van der Waals surface area contributed by atoms with Gasteiger partial charge in [0.05, 0.1) is 6.33 Å². The second-order valence-corrected chi connectivity index (χ2v) is 4.79. The topological polar surface area (TPSA) is 34.0 Å². The zero-order chi connectivity index (χ0) is 11.7. The first-order valence-corrected chi connectivity index (χ1v) is 6.35. The highest BCUT2D eigenvalue weighted by Crippen LogP contribution is 2.19. The summed E-state index contributed by atoms with van der Waals surface area (Å²) < 4.78 is 2.19. The van der Waals surface area contributed by atoms with Crippen molar-refractivity contribution in [3.05, 3.63) is 24.7 Å². The third kappa shape index (κ3) is 2.05. The van der Waals surface area contributed by atoms with Crippen LogP contribution in [0, 0.1) is 5.92 Å². The van der Waals surface area contributed by atoms with Crippen LogP contribution >= 0.6 is 0 Å². The van der Waals surface area contributed by atoms with Gasteiger partial charge in [-0.3, -0.25) is 0 Å². The Balaban J connectivity index is 1.77. The summed E-state index contributed by atoms with van der Waals surface area (Å²) >= 11 is 0. The number of fused-ring (bicyclic) bond motifs is 1. The average molecular weight is 230 g/mol. The van der Waals surface area contributed by atoms with Gasteiger partial charge in [0.15, 0.2) is 5.65 Å². The molecule has 0 amide bonds. The number of pyridine rings is 1. The van der Waals surface area contributed by atoms with Crippen molar-refractivity contribution in [1.29, 1.82) is 0 Å². The molecule has 1 unspecified atom stereocenters. The number of hydrogen-bond donors (Lipinski definition) is 0. The molecule has 1 aliphatic heterocycles. The molecule has 1 atom stereocenters. The van der Waals surface area contributed by atoms with Gasteiger partial charge in [-0.2, -0.15) is 0 Å². The molecule has 0 saturated carbocycles. The lowest BCUT2D eigenvalue weighted by Crippen LogP contribution is -2.21. The normalized spacial score (nSPS) is 21.4. The molecular weight excluding hydrogens is 212 g/mol. The van der Waals surface area contributed by atoms with Crippen LogP contribution in [0.5, 0.6) is 0 Å². The maximum Gasteiger partial charge on any atom is 0.159 e. The van der Waals surface area contributed by atoms with Gasteiger partial charge >= 0.3 is 0 Å². The number of nitrogens with zero attached hydrogens (tertiary/aromatic N) is 4. The Morgan fingerprint density at radius 2 is 2.35 bits per heavy atom. The van der Waals surface area contributed by atoms with E-state index >= 15 is 0 Å². The van der Waals surface area contributed by atoms with Gasteiger partial charge < -0.3 is 9.47 Å². The zero-order valence-electron chi connectivity index (χ0n) is 10.2. The van der Waals surface area contributed by atoms with Gasteiger partial charge in [-0.25, -0.2) is 9.97 Å². The average Bonchev–Trinajstić information content (AvgIpc) is 2.97. The fourth-order valence-corrected chi connectivity index (χ4v) is 2.66. The highest BCUT2D eigenvalue weighted by atomic mass is 15.2. The summed E-state index contributed by atoms with van der Waals surface area (Å²) in [6.45, 7) is 6.89. The first-order chi connectivity index (χ1) is 8.36. The molecule has 3 rings (SSSR count). The van der Waals surface area contributed by atoms with E-state index in [9.17, 15) is 0 Å². The van der Waals surface area contributed by atoms with E-state index in [0.29, 0.717) is 0 Å². The predicted molar refractivity (Wildman–Crippen MR) is 67.7 cm³/mol. The maximum atomic E-state index is 4.41. The summed E-state index contributed by atoms with van der Waals surface area (Å²) in [6, 6.07) is 3.96. The van der Waals surface area contributed by atoms with Gasteiger partial charge in [-0.15, -0.1) is 0 Å². The molecule has 0 radical (unpaired) electrons. The zero-order valence-corrected chi connectivity index (χ0v) is 10.2. The molecule has 90 valence electrons. The number of rotatable bonds is 3. The van der Waals surface area contributed by atoms with E-state index in [4.69, 9.17) is 0 Å². The smallest absolute Gasteiger partial charge is 0.159 e. The van der Waals surface area contributed by atoms with E-state index in [0.717, 1.165) is 23.6 Å². The molecule has 3 heterocycles. The van der Waals surface area contributed by atoms with Crippen LogP contribution in [0.25, 0.3) is 11.2 Å². The summed E-state index contributed by atoms with van der Waals surface area (Å²) in [5.41, 5.74) is 2.01. The predicted octanol–water partition coefficient (Wildman–Crippen LogP) is 1.77. The molecule has 17 heavy (non-hydrogen) atoms. The Morgan fingerprint density at radius 1 is 1.41 bits per heavy atom. The van der Waals surface area contributed by atoms with Crippen LogP contribution in [0.4, 0.5) is 0 Å². The molecule has 0 N–H and O–H groups in total. The highest BCUT2D eigenvalue weighted by Gasteiger charge is 2.21. The monoisotopic (exact) mass is 230 g/mol. The van der Waals surface area contributed by atoms with Crippen molar-refractivity contribution in [2.24, 2.45) is 5.92 Å². The third-order valence-electron chi connectivity index (χ3n) is 3.65. The lowest BCUT2D eigenvalue weighted by atomic mass is 10.1. The second kappa shape index (κ2) is 4.45.